The van der Waals surface area contributed by atoms with Gasteiger partial charge in [0.2, 0.25) is 0 Å². The monoisotopic (exact) mass is 216 g/mol. The lowest BCUT2D eigenvalue weighted by Gasteiger charge is -2.06. The maximum atomic E-state index is 13.0. The Kier molecular flexibility index (Phi) is 3.47. The van der Waals surface area contributed by atoms with Gasteiger partial charge < -0.3 is 4.74 Å². The second-order valence-electron chi connectivity index (χ2n) is 2.75. The van der Waals surface area contributed by atoms with Crippen molar-refractivity contribution in [1.29, 1.82) is 0 Å². The van der Waals surface area contributed by atoms with Gasteiger partial charge in [0.15, 0.2) is 0 Å². The van der Waals surface area contributed by atoms with E-state index in [1.54, 1.807) is 6.92 Å². The molecule has 0 saturated carbocycles. The van der Waals surface area contributed by atoms with Crippen molar-refractivity contribution >= 4 is 17.6 Å². The molecule has 1 aromatic rings. The molecule has 0 amide bonds. The summed E-state index contributed by atoms with van der Waals surface area (Å²) in [5, 5.41) is 0.114. The lowest BCUT2D eigenvalue weighted by atomic mass is 10.1. The molecule has 0 radical (unpaired) electrons. The first-order valence-electron chi connectivity index (χ1n) is 4.19. The fourth-order valence-corrected chi connectivity index (χ4v) is 1.26. The predicted molar refractivity (Wildman–Crippen MR) is 52.1 cm³/mol. The van der Waals surface area contributed by atoms with E-state index in [2.05, 4.69) is 0 Å². The highest BCUT2D eigenvalue weighted by Gasteiger charge is 2.14. The van der Waals surface area contributed by atoms with Crippen LogP contribution in [0, 0.1) is 12.7 Å². The molecule has 0 aromatic heterocycles. The molecule has 76 valence electrons. The summed E-state index contributed by atoms with van der Waals surface area (Å²) in [5.41, 5.74) is 0.463. The number of ether oxygens (including phenoxy) is 1. The fourth-order valence-electron chi connectivity index (χ4n) is 1.03. The Hall–Kier alpha value is -1.09. The van der Waals surface area contributed by atoms with Crippen molar-refractivity contribution in [3.05, 3.63) is 34.1 Å². The standard InChI is InChI=1S/C10H10ClFO2/c1-3-14-10(13)7-4-5-8(12)6(2)9(7)11/h4-5H,3H2,1-2H3. The van der Waals surface area contributed by atoms with Crippen molar-refractivity contribution in [2.45, 2.75) is 13.8 Å². The first-order chi connectivity index (χ1) is 6.57. The third-order valence-corrected chi connectivity index (χ3v) is 2.30. The van der Waals surface area contributed by atoms with Crippen LogP contribution >= 0.6 is 11.6 Å². The quantitative estimate of drug-likeness (QED) is 0.711. The first kappa shape index (κ1) is 11.0. The van der Waals surface area contributed by atoms with Gasteiger partial charge >= 0.3 is 5.97 Å². The molecule has 0 unspecified atom stereocenters. The number of halogens is 2. The molecule has 0 fully saturated rings. The van der Waals surface area contributed by atoms with Crippen molar-refractivity contribution in [1.82, 2.24) is 0 Å². The van der Waals surface area contributed by atoms with Gasteiger partial charge in [-0.25, -0.2) is 9.18 Å². The molecule has 0 heterocycles. The van der Waals surface area contributed by atoms with E-state index < -0.39 is 11.8 Å². The van der Waals surface area contributed by atoms with Crippen LogP contribution < -0.4 is 0 Å². The summed E-state index contributed by atoms with van der Waals surface area (Å²) in [5.74, 6) is -0.955. The summed E-state index contributed by atoms with van der Waals surface area (Å²) in [6.45, 7) is 3.48. The summed E-state index contributed by atoms with van der Waals surface area (Å²) in [4.78, 5) is 11.3. The van der Waals surface area contributed by atoms with E-state index in [9.17, 15) is 9.18 Å². The van der Waals surface area contributed by atoms with E-state index in [4.69, 9.17) is 16.3 Å². The van der Waals surface area contributed by atoms with Crippen LogP contribution in [-0.4, -0.2) is 12.6 Å². The number of hydrogen-bond donors (Lipinski definition) is 0. The second-order valence-corrected chi connectivity index (χ2v) is 3.13. The molecule has 0 spiro atoms. The Balaban J connectivity index is 3.11. The van der Waals surface area contributed by atoms with Crippen LogP contribution in [0.2, 0.25) is 5.02 Å². The highest BCUT2D eigenvalue weighted by atomic mass is 35.5. The molecular weight excluding hydrogens is 207 g/mol. The van der Waals surface area contributed by atoms with E-state index in [0.29, 0.717) is 0 Å². The van der Waals surface area contributed by atoms with E-state index in [1.807, 2.05) is 0 Å². The van der Waals surface area contributed by atoms with Crippen LogP contribution in [0.3, 0.4) is 0 Å². The van der Waals surface area contributed by atoms with Gasteiger partial charge in [0.05, 0.1) is 17.2 Å². The highest BCUT2D eigenvalue weighted by Crippen LogP contribution is 2.23. The van der Waals surface area contributed by atoms with Crippen molar-refractivity contribution in [3.8, 4) is 0 Å². The highest BCUT2D eigenvalue weighted by molar-refractivity contribution is 6.34. The van der Waals surface area contributed by atoms with Crippen LogP contribution in [0.5, 0.6) is 0 Å². The molecular formula is C10H10ClFO2. The number of carbonyl (C=O) groups is 1. The zero-order valence-electron chi connectivity index (χ0n) is 7.93. The number of esters is 1. The van der Waals surface area contributed by atoms with E-state index in [1.165, 1.54) is 19.1 Å². The number of carbonyl (C=O) groups excluding carboxylic acids is 1. The number of hydrogen-bond acceptors (Lipinski definition) is 2. The lowest BCUT2D eigenvalue weighted by Crippen LogP contribution is -2.06. The first-order valence-corrected chi connectivity index (χ1v) is 4.57. The topological polar surface area (TPSA) is 26.3 Å². The molecule has 0 aliphatic heterocycles. The van der Waals surface area contributed by atoms with Crippen LogP contribution in [0.1, 0.15) is 22.8 Å². The van der Waals surface area contributed by atoms with E-state index in [-0.39, 0.29) is 22.8 Å². The maximum Gasteiger partial charge on any atom is 0.339 e. The van der Waals surface area contributed by atoms with Crippen molar-refractivity contribution < 1.29 is 13.9 Å². The molecule has 0 aliphatic rings. The van der Waals surface area contributed by atoms with Crippen molar-refractivity contribution in [2.75, 3.05) is 6.61 Å². The Morgan fingerprint density at radius 3 is 2.79 bits per heavy atom. The number of rotatable bonds is 2. The zero-order chi connectivity index (χ0) is 10.7. The smallest absolute Gasteiger partial charge is 0.339 e. The molecule has 0 atom stereocenters. The predicted octanol–water partition coefficient (Wildman–Crippen LogP) is 2.96. The second kappa shape index (κ2) is 4.42. The van der Waals surface area contributed by atoms with Crippen LogP contribution in [0.25, 0.3) is 0 Å². The Bertz CT molecular complexity index is 363. The number of benzene rings is 1. The average Bonchev–Trinajstić information content (AvgIpc) is 2.15. The third-order valence-electron chi connectivity index (χ3n) is 1.82. The van der Waals surface area contributed by atoms with Crippen LogP contribution in [-0.2, 0) is 4.74 Å². The van der Waals surface area contributed by atoms with Crippen molar-refractivity contribution in [3.63, 3.8) is 0 Å². The largest absolute Gasteiger partial charge is 0.462 e. The summed E-state index contributed by atoms with van der Waals surface area (Å²) in [7, 11) is 0. The molecule has 4 heteroatoms. The average molecular weight is 217 g/mol. The molecule has 1 rings (SSSR count). The molecule has 0 aliphatic carbocycles. The summed E-state index contributed by atoms with van der Waals surface area (Å²) in [6, 6.07) is 2.52. The minimum Gasteiger partial charge on any atom is -0.462 e. The zero-order valence-corrected chi connectivity index (χ0v) is 8.69. The Labute approximate surface area is 86.6 Å². The normalized spacial score (nSPS) is 10.0. The summed E-state index contributed by atoms with van der Waals surface area (Å²) < 4.78 is 17.7. The van der Waals surface area contributed by atoms with Gasteiger partial charge in [0.25, 0.3) is 0 Å². The summed E-state index contributed by atoms with van der Waals surface area (Å²) in [6.07, 6.45) is 0. The Morgan fingerprint density at radius 1 is 1.57 bits per heavy atom. The lowest BCUT2D eigenvalue weighted by molar-refractivity contribution is 0.0526. The van der Waals surface area contributed by atoms with Crippen molar-refractivity contribution in [2.24, 2.45) is 0 Å². The molecule has 0 bridgehead atoms. The van der Waals surface area contributed by atoms with Gasteiger partial charge in [-0.15, -0.1) is 0 Å². The molecule has 1 aromatic carbocycles. The third kappa shape index (κ3) is 2.04. The minimum absolute atomic E-state index is 0.114. The maximum absolute atomic E-state index is 13.0. The van der Waals surface area contributed by atoms with Crippen LogP contribution in [0.15, 0.2) is 12.1 Å². The molecule has 0 saturated heterocycles. The summed E-state index contributed by atoms with van der Waals surface area (Å²) >= 11 is 5.79. The molecule has 2 nitrogen and oxygen atoms in total. The molecule has 0 N–H and O–H groups in total. The van der Waals surface area contributed by atoms with Gasteiger partial charge in [-0.1, -0.05) is 11.6 Å². The van der Waals surface area contributed by atoms with Gasteiger partial charge in [-0.2, -0.15) is 0 Å². The van der Waals surface area contributed by atoms with E-state index in [0.717, 1.165) is 0 Å². The van der Waals surface area contributed by atoms with Crippen LogP contribution in [0.4, 0.5) is 4.39 Å². The SMILES string of the molecule is CCOC(=O)c1ccc(F)c(C)c1Cl. The van der Waals surface area contributed by atoms with Gasteiger partial charge in [-0.05, 0) is 26.0 Å². The molecule has 14 heavy (non-hydrogen) atoms. The van der Waals surface area contributed by atoms with Gasteiger partial charge in [0, 0.05) is 5.56 Å². The van der Waals surface area contributed by atoms with Gasteiger partial charge in [-0.3, -0.25) is 0 Å². The minimum atomic E-state index is -0.527. The van der Waals surface area contributed by atoms with E-state index >= 15 is 0 Å². The Morgan fingerprint density at radius 2 is 2.21 bits per heavy atom. The fraction of sp³-hybridized carbons (Fsp3) is 0.300. The van der Waals surface area contributed by atoms with Gasteiger partial charge in [0.1, 0.15) is 5.82 Å².